The Kier molecular flexibility index (Phi) is 7.40. The molecule has 5 rings (SSSR count). The summed E-state index contributed by atoms with van der Waals surface area (Å²) in [5.41, 5.74) is 4.73. The molecule has 3 amide bonds. The number of aromatic nitrogens is 1. The average molecular weight is 521 g/mol. The molecule has 9 nitrogen and oxygen atoms in total. The van der Waals surface area contributed by atoms with Gasteiger partial charge in [-0.15, -0.1) is 0 Å². The van der Waals surface area contributed by atoms with Gasteiger partial charge in [-0.25, -0.2) is 0 Å². The van der Waals surface area contributed by atoms with Crippen LogP contribution in [0.3, 0.4) is 0 Å². The third-order valence-electron chi connectivity index (χ3n) is 6.35. The second-order valence-electron chi connectivity index (χ2n) is 9.19. The fourth-order valence-corrected chi connectivity index (χ4v) is 4.14. The van der Waals surface area contributed by atoms with Crippen LogP contribution in [0.25, 0.3) is 0 Å². The summed E-state index contributed by atoms with van der Waals surface area (Å²) < 4.78 is 0. The Morgan fingerprint density at radius 1 is 0.641 bits per heavy atom. The maximum Gasteiger partial charge on any atom is 0.257 e. The van der Waals surface area contributed by atoms with Gasteiger partial charge in [-0.3, -0.25) is 14.4 Å². The number of benzene rings is 3. The number of rotatable bonds is 8. The van der Waals surface area contributed by atoms with Gasteiger partial charge in [0, 0.05) is 52.4 Å². The number of H-pyrrole nitrogens is 1. The van der Waals surface area contributed by atoms with Gasteiger partial charge in [0.05, 0.1) is 11.5 Å². The van der Waals surface area contributed by atoms with Crippen LogP contribution in [0, 0.1) is 5.92 Å². The highest BCUT2D eigenvalue weighted by Gasteiger charge is 2.25. The lowest BCUT2D eigenvalue weighted by molar-refractivity contribution is -0.118. The van der Waals surface area contributed by atoms with Crippen molar-refractivity contribution in [1.82, 2.24) is 10.3 Å². The van der Waals surface area contributed by atoms with Gasteiger partial charge >= 0.3 is 0 Å². The normalized spacial score (nSPS) is 15.7. The molecule has 0 aliphatic carbocycles. The van der Waals surface area contributed by atoms with E-state index in [-0.39, 0.29) is 29.7 Å². The van der Waals surface area contributed by atoms with Gasteiger partial charge in [-0.05, 0) is 92.0 Å². The van der Waals surface area contributed by atoms with E-state index >= 15 is 0 Å². The highest BCUT2D eigenvalue weighted by molar-refractivity contribution is 6.05. The van der Waals surface area contributed by atoms with Crippen molar-refractivity contribution in [3.05, 3.63) is 115 Å². The molecule has 3 aromatic carbocycles. The third-order valence-corrected chi connectivity index (χ3v) is 6.35. The predicted molar refractivity (Wildman–Crippen MR) is 153 cm³/mol. The number of hydrogen-bond acceptors (Lipinski definition) is 5. The van der Waals surface area contributed by atoms with E-state index in [1.165, 1.54) is 0 Å². The summed E-state index contributed by atoms with van der Waals surface area (Å²) >= 11 is 0. The van der Waals surface area contributed by atoms with Gasteiger partial charge < -0.3 is 31.6 Å². The minimum atomic E-state index is -0.248. The summed E-state index contributed by atoms with van der Waals surface area (Å²) in [6, 6.07) is 23.3. The second kappa shape index (κ2) is 11.4. The van der Waals surface area contributed by atoms with E-state index in [0.29, 0.717) is 28.2 Å². The lowest BCUT2D eigenvalue weighted by Gasteiger charge is -2.15. The van der Waals surface area contributed by atoms with E-state index in [0.717, 1.165) is 11.4 Å². The molecule has 2 unspecified atom stereocenters. The largest absolute Gasteiger partial charge is 0.388 e. The Morgan fingerprint density at radius 3 is 1.67 bits per heavy atom. The molecule has 1 aromatic heterocycles. The molecule has 0 saturated carbocycles. The minimum absolute atomic E-state index is 0.0480. The van der Waals surface area contributed by atoms with Gasteiger partial charge in [0.15, 0.2) is 0 Å². The maximum absolute atomic E-state index is 12.7. The van der Waals surface area contributed by atoms with Crippen LogP contribution in [0.15, 0.2) is 104 Å². The monoisotopic (exact) mass is 520 g/mol. The zero-order valence-corrected chi connectivity index (χ0v) is 21.2. The Labute approximate surface area is 225 Å². The second-order valence-corrected chi connectivity index (χ2v) is 9.19. The van der Waals surface area contributed by atoms with E-state index in [4.69, 9.17) is 0 Å². The highest BCUT2D eigenvalue weighted by atomic mass is 16.2. The molecule has 1 aliphatic heterocycles. The number of nitrogens with one attached hydrogen (secondary N) is 6. The summed E-state index contributed by atoms with van der Waals surface area (Å²) in [7, 11) is 0. The fourth-order valence-electron chi connectivity index (χ4n) is 4.14. The van der Waals surface area contributed by atoms with Crippen molar-refractivity contribution in [3.8, 4) is 0 Å². The lowest BCUT2D eigenvalue weighted by Crippen LogP contribution is -2.32. The van der Waals surface area contributed by atoms with Crippen molar-refractivity contribution in [2.75, 3.05) is 21.3 Å². The summed E-state index contributed by atoms with van der Waals surface area (Å²) in [5.74, 6) is -0.748. The van der Waals surface area contributed by atoms with Crippen LogP contribution >= 0.6 is 0 Å². The molecule has 0 spiro atoms. The third kappa shape index (κ3) is 6.34. The first-order valence-corrected chi connectivity index (χ1v) is 12.5. The first kappa shape index (κ1) is 25.3. The fraction of sp³-hybridized carbons (Fsp3) is 0.100. The molecule has 2 atom stereocenters. The molecule has 0 bridgehead atoms. The summed E-state index contributed by atoms with van der Waals surface area (Å²) in [6.45, 7) is 1.95. The van der Waals surface area contributed by atoms with Crippen molar-refractivity contribution in [1.29, 1.82) is 0 Å². The highest BCUT2D eigenvalue weighted by Crippen LogP contribution is 2.22. The molecule has 9 heteroatoms. The number of carbonyl (C=O) groups is 3. The van der Waals surface area contributed by atoms with Crippen molar-refractivity contribution in [2.45, 2.75) is 13.0 Å². The maximum atomic E-state index is 12.7. The van der Waals surface area contributed by atoms with E-state index in [2.05, 4.69) is 31.6 Å². The number of amides is 3. The first-order valence-electron chi connectivity index (χ1n) is 12.5. The van der Waals surface area contributed by atoms with E-state index in [1.807, 2.05) is 61.5 Å². The number of anilines is 5. The molecular weight excluding hydrogens is 492 g/mol. The van der Waals surface area contributed by atoms with Gasteiger partial charge in [0.25, 0.3) is 11.8 Å². The molecule has 1 aliphatic rings. The summed E-state index contributed by atoms with van der Waals surface area (Å²) in [6.07, 6.45) is 6.97. The van der Waals surface area contributed by atoms with Crippen LogP contribution in [0.2, 0.25) is 0 Å². The predicted octanol–water partition coefficient (Wildman–Crippen LogP) is 5.32. The van der Waals surface area contributed by atoms with Gasteiger partial charge in [0.2, 0.25) is 5.91 Å². The first-order chi connectivity index (χ1) is 18.9. The zero-order chi connectivity index (χ0) is 27.2. The Hall–Kier alpha value is -5.31. The van der Waals surface area contributed by atoms with Gasteiger partial charge in [-0.2, -0.15) is 0 Å². The Balaban J connectivity index is 1.12. The molecule has 0 fully saturated rings. The van der Waals surface area contributed by atoms with Crippen molar-refractivity contribution in [3.63, 3.8) is 0 Å². The Morgan fingerprint density at radius 2 is 1.15 bits per heavy atom. The van der Waals surface area contributed by atoms with Crippen LogP contribution in [-0.4, -0.2) is 28.7 Å². The molecule has 0 saturated heterocycles. The molecule has 196 valence electrons. The molecular formula is C30H28N6O3. The number of hydrogen-bond donors (Lipinski definition) is 6. The van der Waals surface area contributed by atoms with Crippen LogP contribution in [-0.2, 0) is 4.79 Å². The topological polar surface area (TPSA) is 127 Å². The van der Waals surface area contributed by atoms with Crippen molar-refractivity contribution in [2.24, 2.45) is 5.92 Å². The molecule has 39 heavy (non-hydrogen) atoms. The van der Waals surface area contributed by atoms with Crippen molar-refractivity contribution < 1.29 is 14.4 Å². The molecule has 4 aromatic rings. The quantitative estimate of drug-likeness (QED) is 0.187. The van der Waals surface area contributed by atoms with E-state index in [9.17, 15) is 14.4 Å². The number of aromatic amines is 1. The van der Waals surface area contributed by atoms with Gasteiger partial charge in [-0.1, -0.05) is 6.08 Å². The average Bonchev–Trinajstić information content (AvgIpc) is 3.64. The molecule has 2 heterocycles. The lowest BCUT2D eigenvalue weighted by atomic mass is 10.0. The molecule has 0 radical (unpaired) electrons. The Bertz CT molecular complexity index is 1480. The minimum Gasteiger partial charge on any atom is -0.388 e. The summed E-state index contributed by atoms with van der Waals surface area (Å²) in [5, 5.41) is 15.0. The molecule has 6 N–H and O–H groups in total. The van der Waals surface area contributed by atoms with Crippen LogP contribution < -0.4 is 26.6 Å². The number of carbonyl (C=O) groups excluding carboxylic acids is 3. The van der Waals surface area contributed by atoms with E-state index < -0.39 is 0 Å². The van der Waals surface area contributed by atoms with Gasteiger partial charge in [0.1, 0.15) is 0 Å². The van der Waals surface area contributed by atoms with E-state index in [1.54, 1.807) is 48.9 Å². The van der Waals surface area contributed by atoms with Crippen molar-refractivity contribution >= 4 is 46.2 Å². The zero-order valence-electron chi connectivity index (χ0n) is 21.2. The smallest absolute Gasteiger partial charge is 0.257 e. The van der Waals surface area contributed by atoms with Crippen LogP contribution in [0.4, 0.5) is 28.4 Å². The standard InChI is InChI=1S/C30H28N6O3/c1-19-27(15-17-32-19)30(39)36-24-4-2-20(3-5-24)28(37)34-25-10-6-22(7-11-25)33-23-8-12-26(13-9-23)35-29(38)21-14-16-31-18-21/h2-19,27,31-33H,1H3,(H,34,37)(H,35,38)(H,36,39). The SMILES string of the molecule is CC1NC=CC1C(=O)Nc1ccc(C(=O)Nc2ccc(Nc3ccc(NC(=O)c4cc[nH]c4)cc3)cc2)cc1. The summed E-state index contributed by atoms with van der Waals surface area (Å²) in [4.78, 5) is 40.1. The van der Waals surface area contributed by atoms with Crippen LogP contribution in [0.1, 0.15) is 27.6 Å². The van der Waals surface area contributed by atoms with Crippen LogP contribution in [0.5, 0.6) is 0 Å².